The number of amides is 1. The Morgan fingerprint density at radius 1 is 0.893 bits per heavy atom. The number of rotatable bonds is 6. The summed E-state index contributed by atoms with van der Waals surface area (Å²) >= 11 is 0. The van der Waals surface area contributed by atoms with Gasteiger partial charge < -0.3 is 20.1 Å². The third-order valence-corrected chi connectivity index (χ3v) is 3.92. The van der Waals surface area contributed by atoms with Gasteiger partial charge in [0.25, 0.3) is 5.91 Å². The average Bonchev–Trinajstić information content (AvgIpc) is 2.74. The van der Waals surface area contributed by atoms with E-state index in [9.17, 15) is 9.59 Å². The number of hydrogen-bond donors (Lipinski definition) is 2. The lowest BCUT2D eigenvalue weighted by Crippen LogP contribution is -2.13. The van der Waals surface area contributed by atoms with Crippen LogP contribution in [0.3, 0.4) is 0 Å². The highest BCUT2D eigenvalue weighted by molar-refractivity contribution is 6.03. The first-order valence-corrected chi connectivity index (χ1v) is 8.46. The molecule has 0 aliphatic heterocycles. The van der Waals surface area contributed by atoms with E-state index in [0.717, 1.165) is 0 Å². The molecule has 3 aromatic rings. The van der Waals surface area contributed by atoms with Gasteiger partial charge in [-0.25, -0.2) is 9.78 Å². The van der Waals surface area contributed by atoms with Gasteiger partial charge in [-0.2, -0.15) is 0 Å². The number of pyridine rings is 1. The number of hydrogen-bond acceptors (Lipinski definition) is 6. The molecule has 0 aliphatic rings. The number of nitrogens with zero attached hydrogens (tertiary/aromatic N) is 1. The van der Waals surface area contributed by atoms with Crippen LogP contribution in [0.15, 0.2) is 66.9 Å². The third-order valence-electron chi connectivity index (χ3n) is 3.92. The standard InChI is InChI=1S/C21H19N3O4/c1-27-18-9-6-15(7-10-18)24-20(25)19-11-8-17(13-22-19)23-16-5-3-4-14(12-16)21(26)28-2/h3-13,23H,1-2H3,(H,24,25). The molecule has 2 aromatic carbocycles. The van der Waals surface area contributed by atoms with Crippen LogP contribution in [0, 0.1) is 0 Å². The number of methoxy groups -OCH3 is 2. The van der Waals surface area contributed by atoms with Gasteiger partial charge >= 0.3 is 5.97 Å². The predicted octanol–water partition coefficient (Wildman–Crippen LogP) is 3.87. The van der Waals surface area contributed by atoms with Crippen molar-refractivity contribution in [3.8, 4) is 5.75 Å². The molecule has 28 heavy (non-hydrogen) atoms. The van der Waals surface area contributed by atoms with Crippen molar-refractivity contribution in [3.63, 3.8) is 0 Å². The normalized spacial score (nSPS) is 10.1. The molecule has 7 heteroatoms. The van der Waals surface area contributed by atoms with Gasteiger partial charge in [0.15, 0.2) is 0 Å². The number of benzene rings is 2. The van der Waals surface area contributed by atoms with Crippen LogP contribution < -0.4 is 15.4 Å². The van der Waals surface area contributed by atoms with Gasteiger partial charge in [-0.15, -0.1) is 0 Å². The topological polar surface area (TPSA) is 89.5 Å². The Morgan fingerprint density at radius 3 is 2.29 bits per heavy atom. The monoisotopic (exact) mass is 377 g/mol. The van der Waals surface area contributed by atoms with Gasteiger partial charge in [-0.1, -0.05) is 6.07 Å². The first-order valence-electron chi connectivity index (χ1n) is 8.46. The summed E-state index contributed by atoms with van der Waals surface area (Å²) in [4.78, 5) is 28.1. The quantitative estimate of drug-likeness (QED) is 0.634. The fourth-order valence-corrected chi connectivity index (χ4v) is 2.48. The summed E-state index contributed by atoms with van der Waals surface area (Å²) in [6.07, 6.45) is 1.55. The lowest BCUT2D eigenvalue weighted by Gasteiger charge is -2.09. The molecule has 0 saturated heterocycles. The number of carbonyl (C=O) groups is 2. The van der Waals surface area contributed by atoms with Crippen LogP contribution >= 0.6 is 0 Å². The van der Waals surface area contributed by atoms with E-state index in [1.54, 1.807) is 67.9 Å². The molecule has 1 amide bonds. The molecule has 0 unspecified atom stereocenters. The maximum Gasteiger partial charge on any atom is 0.337 e. The molecule has 0 spiro atoms. The van der Waals surface area contributed by atoms with Crippen molar-refractivity contribution < 1.29 is 19.1 Å². The molecule has 3 rings (SSSR count). The van der Waals surface area contributed by atoms with E-state index in [2.05, 4.69) is 15.6 Å². The third kappa shape index (κ3) is 4.64. The minimum Gasteiger partial charge on any atom is -0.497 e. The van der Waals surface area contributed by atoms with Gasteiger partial charge in [0.1, 0.15) is 11.4 Å². The zero-order valence-corrected chi connectivity index (χ0v) is 15.4. The smallest absolute Gasteiger partial charge is 0.337 e. The summed E-state index contributed by atoms with van der Waals surface area (Å²) < 4.78 is 9.80. The van der Waals surface area contributed by atoms with Crippen LogP contribution in [0.4, 0.5) is 17.1 Å². The van der Waals surface area contributed by atoms with Gasteiger partial charge in [-0.05, 0) is 54.6 Å². The first-order chi connectivity index (χ1) is 13.6. The van der Waals surface area contributed by atoms with E-state index in [-0.39, 0.29) is 11.6 Å². The fourth-order valence-electron chi connectivity index (χ4n) is 2.48. The van der Waals surface area contributed by atoms with Gasteiger partial charge in [0, 0.05) is 11.4 Å². The van der Waals surface area contributed by atoms with Crippen molar-refractivity contribution in [1.82, 2.24) is 4.98 Å². The van der Waals surface area contributed by atoms with Crippen LogP contribution in [-0.2, 0) is 4.74 Å². The average molecular weight is 377 g/mol. The Hall–Kier alpha value is -3.87. The largest absolute Gasteiger partial charge is 0.497 e. The molecule has 1 aromatic heterocycles. The molecule has 0 saturated carbocycles. The maximum atomic E-state index is 12.3. The molecule has 0 bridgehead atoms. The van der Waals surface area contributed by atoms with E-state index in [0.29, 0.717) is 28.4 Å². The van der Waals surface area contributed by atoms with E-state index in [4.69, 9.17) is 9.47 Å². The number of nitrogens with one attached hydrogen (secondary N) is 2. The number of aromatic nitrogens is 1. The fraction of sp³-hybridized carbons (Fsp3) is 0.0952. The maximum absolute atomic E-state index is 12.3. The number of ether oxygens (including phenoxy) is 2. The van der Waals surface area contributed by atoms with Crippen LogP contribution in [0.1, 0.15) is 20.8 Å². The molecular weight excluding hydrogens is 358 g/mol. The van der Waals surface area contributed by atoms with Crippen molar-refractivity contribution >= 4 is 28.9 Å². The molecule has 142 valence electrons. The van der Waals surface area contributed by atoms with E-state index in [1.807, 2.05) is 6.07 Å². The highest BCUT2D eigenvalue weighted by Crippen LogP contribution is 2.19. The molecule has 0 radical (unpaired) electrons. The Balaban J connectivity index is 1.65. The summed E-state index contributed by atoms with van der Waals surface area (Å²) in [5.74, 6) is -0.0143. The van der Waals surface area contributed by atoms with Crippen molar-refractivity contribution in [2.45, 2.75) is 0 Å². The highest BCUT2D eigenvalue weighted by atomic mass is 16.5. The summed E-state index contributed by atoms with van der Waals surface area (Å²) in [7, 11) is 2.92. The number of carbonyl (C=O) groups excluding carboxylic acids is 2. The van der Waals surface area contributed by atoms with Gasteiger partial charge in [0.2, 0.25) is 0 Å². The van der Waals surface area contributed by atoms with Crippen LogP contribution in [0.5, 0.6) is 5.75 Å². The second kappa shape index (κ2) is 8.68. The molecule has 0 fully saturated rings. The zero-order chi connectivity index (χ0) is 19.9. The van der Waals surface area contributed by atoms with Gasteiger partial charge in [-0.3, -0.25) is 4.79 Å². The minimum absolute atomic E-state index is 0.282. The molecular formula is C21H19N3O4. The Labute approximate surface area is 162 Å². The van der Waals surface area contributed by atoms with E-state index >= 15 is 0 Å². The zero-order valence-electron chi connectivity index (χ0n) is 15.4. The molecule has 0 aliphatic carbocycles. The highest BCUT2D eigenvalue weighted by Gasteiger charge is 2.09. The molecule has 0 atom stereocenters. The minimum atomic E-state index is -0.410. The van der Waals surface area contributed by atoms with Crippen LogP contribution in [0.2, 0.25) is 0 Å². The molecule has 1 heterocycles. The van der Waals surface area contributed by atoms with E-state index in [1.165, 1.54) is 7.11 Å². The molecule has 2 N–H and O–H groups in total. The van der Waals surface area contributed by atoms with Gasteiger partial charge in [0.05, 0.1) is 31.7 Å². The first kappa shape index (κ1) is 18.9. The Morgan fingerprint density at radius 2 is 1.64 bits per heavy atom. The van der Waals surface area contributed by atoms with Crippen molar-refractivity contribution in [1.29, 1.82) is 0 Å². The SMILES string of the molecule is COC(=O)c1cccc(Nc2ccc(C(=O)Nc3ccc(OC)cc3)nc2)c1. The Kier molecular flexibility index (Phi) is 5.86. The second-order valence-electron chi connectivity index (χ2n) is 5.81. The van der Waals surface area contributed by atoms with Crippen LogP contribution in [0.25, 0.3) is 0 Å². The lowest BCUT2D eigenvalue weighted by atomic mass is 10.2. The summed E-state index contributed by atoms with van der Waals surface area (Å²) in [5, 5.41) is 5.91. The lowest BCUT2D eigenvalue weighted by molar-refractivity contribution is 0.0600. The van der Waals surface area contributed by atoms with Crippen molar-refractivity contribution in [2.24, 2.45) is 0 Å². The summed E-state index contributed by atoms with van der Waals surface area (Å²) in [5.41, 5.74) is 2.76. The summed E-state index contributed by atoms with van der Waals surface area (Å²) in [6.45, 7) is 0. The van der Waals surface area contributed by atoms with Crippen molar-refractivity contribution in [3.05, 3.63) is 78.1 Å². The van der Waals surface area contributed by atoms with Crippen molar-refractivity contribution in [2.75, 3.05) is 24.9 Å². The predicted molar refractivity (Wildman–Crippen MR) is 106 cm³/mol. The number of anilines is 3. The van der Waals surface area contributed by atoms with Crippen LogP contribution in [-0.4, -0.2) is 31.1 Å². The second-order valence-corrected chi connectivity index (χ2v) is 5.81. The van der Waals surface area contributed by atoms with E-state index < -0.39 is 5.97 Å². The number of esters is 1. The molecule has 7 nitrogen and oxygen atoms in total. The summed E-state index contributed by atoms with van der Waals surface area (Å²) in [6, 6.07) is 17.3. The Bertz CT molecular complexity index is 970.